The topological polar surface area (TPSA) is 157 Å². The predicted molar refractivity (Wildman–Crippen MR) is 198 cm³/mol. The molecule has 4 aromatic rings. The Kier molecular flexibility index (Phi) is 13.1. The SMILES string of the molecule is Cc1c(COc2cc(OCc3cncc(C#N)c3)c(CNC(C)(CO)C(=O)O)cc2Cl)cccc1-c1cccc(OCCCN2CC[C@@H](O)C2)c1C. The number of nitrogens with zero attached hydrogens (tertiary/aromatic N) is 3. The number of ether oxygens (including phenoxy) is 3. The van der Waals surface area contributed by atoms with Gasteiger partial charge in [0.1, 0.15) is 42.1 Å². The number of benzene rings is 3. The average molecular weight is 729 g/mol. The van der Waals surface area contributed by atoms with Gasteiger partial charge in [0.25, 0.3) is 0 Å². The maximum absolute atomic E-state index is 11.8. The van der Waals surface area contributed by atoms with Gasteiger partial charge < -0.3 is 34.4 Å². The molecule has 0 bridgehead atoms. The smallest absolute Gasteiger partial charge is 0.326 e. The summed E-state index contributed by atoms with van der Waals surface area (Å²) < 4.78 is 18.6. The second-order valence-electron chi connectivity index (χ2n) is 13.3. The predicted octanol–water partition coefficient (Wildman–Crippen LogP) is 5.81. The van der Waals surface area contributed by atoms with Crippen LogP contribution in [-0.4, -0.2) is 75.7 Å². The van der Waals surface area contributed by atoms with E-state index in [9.17, 15) is 25.4 Å². The number of rotatable bonds is 17. The number of aliphatic hydroxyl groups is 2. The highest BCUT2D eigenvalue weighted by atomic mass is 35.5. The van der Waals surface area contributed by atoms with E-state index in [0.717, 1.165) is 66.0 Å². The number of aliphatic hydroxyl groups excluding tert-OH is 2. The summed E-state index contributed by atoms with van der Waals surface area (Å²) in [4.78, 5) is 18.2. The van der Waals surface area contributed by atoms with Crippen LogP contribution in [0.15, 0.2) is 67.0 Å². The van der Waals surface area contributed by atoms with Crippen LogP contribution >= 0.6 is 11.6 Å². The molecule has 0 radical (unpaired) electrons. The minimum atomic E-state index is -1.59. The summed E-state index contributed by atoms with van der Waals surface area (Å²) in [5.74, 6) is 0.389. The Balaban J connectivity index is 1.32. The zero-order valence-corrected chi connectivity index (χ0v) is 30.4. The Morgan fingerprint density at radius 1 is 1.02 bits per heavy atom. The number of hydrogen-bond acceptors (Lipinski definition) is 10. The van der Waals surface area contributed by atoms with Crippen molar-refractivity contribution in [3.63, 3.8) is 0 Å². The summed E-state index contributed by atoms with van der Waals surface area (Å²) in [6.07, 6.45) is 4.55. The highest BCUT2D eigenvalue weighted by molar-refractivity contribution is 6.32. The fourth-order valence-corrected chi connectivity index (χ4v) is 6.31. The van der Waals surface area contributed by atoms with Crippen LogP contribution in [0, 0.1) is 25.2 Å². The van der Waals surface area contributed by atoms with E-state index in [1.165, 1.54) is 13.1 Å². The molecule has 2 atom stereocenters. The highest BCUT2D eigenvalue weighted by Gasteiger charge is 2.32. The minimum absolute atomic E-state index is 0.0288. The summed E-state index contributed by atoms with van der Waals surface area (Å²) >= 11 is 6.72. The fourth-order valence-electron chi connectivity index (χ4n) is 6.07. The first-order valence-corrected chi connectivity index (χ1v) is 17.6. The number of carboxylic acid groups (broad SMARTS) is 1. The molecule has 5 rings (SSSR count). The third-order valence-corrected chi connectivity index (χ3v) is 9.71. The molecule has 1 fully saturated rings. The van der Waals surface area contributed by atoms with Gasteiger partial charge in [0.2, 0.25) is 0 Å². The van der Waals surface area contributed by atoms with Crippen LogP contribution in [0.4, 0.5) is 0 Å². The van der Waals surface area contributed by atoms with E-state index in [0.29, 0.717) is 39.8 Å². The quantitative estimate of drug-likeness (QED) is 0.0973. The van der Waals surface area contributed by atoms with Gasteiger partial charge in [-0.1, -0.05) is 41.9 Å². The van der Waals surface area contributed by atoms with Gasteiger partial charge in [-0.3, -0.25) is 15.1 Å². The van der Waals surface area contributed by atoms with E-state index < -0.39 is 18.1 Å². The van der Waals surface area contributed by atoms with Crippen molar-refractivity contribution in [2.45, 2.75) is 65.0 Å². The van der Waals surface area contributed by atoms with Gasteiger partial charge in [-0.15, -0.1) is 0 Å². The first kappa shape index (κ1) is 38.5. The number of likely N-dealkylation sites (tertiary alicyclic amines) is 1. The number of aromatic nitrogens is 1. The summed E-state index contributed by atoms with van der Waals surface area (Å²) in [6, 6.07) is 19.2. The van der Waals surface area contributed by atoms with Gasteiger partial charge in [0, 0.05) is 55.8 Å². The number of nitrogens with one attached hydrogen (secondary N) is 1. The Morgan fingerprint density at radius 2 is 1.77 bits per heavy atom. The lowest BCUT2D eigenvalue weighted by atomic mass is 9.93. The van der Waals surface area contributed by atoms with Gasteiger partial charge in [-0.25, -0.2) is 0 Å². The lowest BCUT2D eigenvalue weighted by Gasteiger charge is -2.25. The summed E-state index contributed by atoms with van der Waals surface area (Å²) in [5.41, 5.74) is 5.20. The van der Waals surface area contributed by atoms with Crippen molar-refractivity contribution in [2.75, 3.05) is 32.8 Å². The third-order valence-electron chi connectivity index (χ3n) is 9.42. The molecule has 3 aromatic carbocycles. The van der Waals surface area contributed by atoms with Crippen LogP contribution in [0.5, 0.6) is 17.2 Å². The number of β-amino-alcohol motifs (C(OH)–C–C–N with tert-alkyl or cyclic N) is 1. The van der Waals surface area contributed by atoms with E-state index in [1.54, 1.807) is 24.4 Å². The molecule has 11 nitrogen and oxygen atoms in total. The first-order chi connectivity index (χ1) is 25.0. The minimum Gasteiger partial charge on any atom is -0.493 e. The zero-order chi connectivity index (χ0) is 37.3. The maximum atomic E-state index is 11.8. The second-order valence-corrected chi connectivity index (χ2v) is 13.7. The molecular weight excluding hydrogens is 684 g/mol. The Labute approximate surface area is 309 Å². The number of nitriles is 1. The van der Waals surface area contributed by atoms with Gasteiger partial charge in [0.15, 0.2) is 0 Å². The number of carbonyl (C=O) groups is 1. The highest BCUT2D eigenvalue weighted by Crippen LogP contribution is 2.36. The van der Waals surface area contributed by atoms with Crippen molar-refractivity contribution in [2.24, 2.45) is 0 Å². The molecule has 1 aromatic heterocycles. The van der Waals surface area contributed by atoms with Crippen molar-refractivity contribution in [1.82, 2.24) is 15.2 Å². The van der Waals surface area contributed by atoms with Crippen LogP contribution in [0.2, 0.25) is 5.02 Å². The number of carboxylic acids is 1. The molecule has 0 amide bonds. The maximum Gasteiger partial charge on any atom is 0.326 e. The molecule has 12 heteroatoms. The lowest BCUT2D eigenvalue weighted by molar-refractivity contribution is -0.145. The van der Waals surface area contributed by atoms with E-state index in [2.05, 4.69) is 47.3 Å². The monoisotopic (exact) mass is 728 g/mol. The first-order valence-electron chi connectivity index (χ1n) is 17.2. The standard InChI is InChI=1S/C40H45ClN4O7/c1-26-30(7-4-8-33(26)34-9-5-10-36(27(34)2)50-14-6-12-45-13-11-32(47)22-45)24-52-38-17-37(51-23-29-15-28(18-42)19-43-20-29)31(16-35(38)41)21-44-40(3,25-46)39(48)49/h4-5,7-10,15-17,19-20,32,44,46-47H,6,11-14,21-25H2,1-3H3,(H,48,49)/t32-,40?/m1/s1. The van der Waals surface area contributed by atoms with E-state index in [4.69, 9.17) is 25.8 Å². The van der Waals surface area contributed by atoms with Gasteiger partial charge in [-0.05, 0) is 79.6 Å². The Morgan fingerprint density at radius 3 is 2.48 bits per heavy atom. The zero-order valence-electron chi connectivity index (χ0n) is 29.7. The summed E-state index contributed by atoms with van der Waals surface area (Å²) in [5, 5.41) is 41.6. The number of pyridine rings is 1. The van der Waals surface area contributed by atoms with E-state index in [1.807, 2.05) is 24.3 Å². The summed E-state index contributed by atoms with van der Waals surface area (Å²) in [7, 11) is 0. The van der Waals surface area contributed by atoms with Crippen molar-refractivity contribution >= 4 is 17.6 Å². The Bertz CT molecular complexity index is 1920. The van der Waals surface area contributed by atoms with Gasteiger partial charge in [-0.2, -0.15) is 5.26 Å². The normalized spacial score (nSPS) is 15.5. The number of hydrogen-bond donors (Lipinski definition) is 4. The van der Waals surface area contributed by atoms with Gasteiger partial charge >= 0.3 is 5.97 Å². The molecule has 1 aliphatic rings. The third kappa shape index (κ3) is 9.59. The molecule has 1 saturated heterocycles. The molecule has 52 heavy (non-hydrogen) atoms. The molecule has 0 spiro atoms. The van der Waals surface area contributed by atoms with Crippen LogP contribution in [-0.2, 0) is 24.6 Å². The molecule has 1 unspecified atom stereocenters. The fraction of sp³-hybridized carbons (Fsp3) is 0.375. The van der Waals surface area contributed by atoms with Gasteiger partial charge in [0.05, 0.1) is 29.9 Å². The van der Waals surface area contributed by atoms with E-state index in [-0.39, 0.29) is 25.9 Å². The molecule has 4 N–H and O–H groups in total. The number of aliphatic carboxylic acids is 1. The average Bonchev–Trinajstić information content (AvgIpc) is 3.57. The molecule has 0 saturated carbocycles. The van der Waals surface area contributed by atoms with Crippen LogP contribution in [0.3, 0.4) is 0 Å². The Hall–Kier alpha value is -4.70. The molecule has 1 aliphatic heterocycles. The molecule has 2 heterocycles. The molecular formula is C40H45ClN4O7. The summed E-state index contributed by atoms with van der Waals surface area (Å²) in [6.45, 7) is 8.36. The second kappa shape index (κ2) is 17.7. The molecule has 0 aliphatic carbocycles. The van der Waals surface area contributed by atoms with Crippen molar-refractivity contribution in [3.8, 4) is 34.4 Å². The van der Waals surface area contributed by atoms with Crippen molar-refractivity contribution in [3.05, 3.63) is 105 Å². The van der Waals surface area contributed by atoms with E-state index >= 15 is 0 Å². The van der Waals surface area contributed by atoms with Crippen molar-refractivity contribution < 1.29 is 34.3 Å². The van der Waals surface area contributed by atoms with Crippen molar-refractivity contribution in [1.29, 1.82) is 5.26 Å². The number of halogens is 1. The largest absolute Gasteiger partial charge is 0.493 e. The molecule has 274 valence electrons. The van der Waals surface area contributed by atoms with Crippen LogP contribution in [0.1, 0.15) is 53.1 Å². The lowest BCUT2D eigenvalue weighted by Crippen LogP contribution is -2.52. The van der Waals surface area contributed by atoms with Crippen LogP contribution < -0.4 is 19.5 Å². The van der Waals surface area contributed by atoms with Crippen LogP contribution in [0.25, 0.3) is 11.1 Å².